The highest BCUT2D eigenvalue weighted by atomic mass is 35.5. The van der Waals surface area contributed by atoms with Gasteiger partial charge in [0.05, 0.1) is 10.7 Å². The van der Waals surface area contributed by atoms with Crippen LogP contribution < -0.4 is 5.73 Å². The summed E-state index contributed by atoms with van der Waals surface area (Å²) in [6.07, 6.45) is 0. The predicted molar refractivity (Wildman–Crippen MR) is 83.1 cm³/mol. The minimum atomic E-state index is 0.535. The predicted octanol–water partition coefficient (Wildman–Crippen LogP) is 4.82. The zero-order valence-electron chi connectivity index (χ0n) is 9.43. The van der Waals surface area contributed by atoms with Gasteiger partial charge in [0.15, 0.2) is 5.13 Å². The molecule has 1 aromatic carbocycles. The summed E-state index contributed by atoms with van der Waals surface area (Å²) in [7, 11) is 0. The molecule has 0 atom stereocenters. The maximum atomic E-state index is 6.16. The van der Waals surface area contributed by atoms with Crippen LogP contribution in [0.3, 0.4) is 0 Å². The number of hydrogen-bond acceptors (Lipinski definition) is 5. The summed E-state index contributed by atoms with van der Waals surface area (Å²) in [4.78, 5) is 8.74. The largest absolute Gasteiger partial charge is 0.375 e. The van der Waals surface area contributed by atoms with Crippen molar-refractivity contribution in [2.24, 2.45) is 0 Å². The van der Waals surface area contributed by atoms with E-state index in [1.54, 1.807) is 18.2 Å². The first-order valence-electron chi connectivity index (χ1n) is 5.26. The van der Waals surface area contributed by atoms with Gasteiger partial charge in [0.2, 0.25) is 0 Å². The van der Waals surface area contributed by atoms with Gasteiger partial charge in [-0.1, -0.05) is 23.2 Å². The molecule has 2 heterocycles. The Morgan fingerprint density at radius 1 is 1.00 bits per heavy atom. The Morgan fingerprint density at radius 2 is 1.79 bits per heavy atom. The lowest BCUT2D eigenvalue weighted by Gasteiger charge is -2.00. The monoisotopic (exact) mass is 327 g/mol. The number of hydrogen-bond donors (Lipinski definition) is 1. The lowest BCUT2D eigenvalue weighted by molar-refractivity contribution is 1.34. The minimum Gasteiger partial charge on any atom is -0.375 e. The van der Waals surface area contributed by atoms with Gasteiger partial charge >= 0.3 is 0 Å². The summed E-state index contributed by atoms with van der Waals surface area (Å²) >= 11 is 15.0. The fourth-order valence-electron chi connectivity index (χ4n) is 1.59. The molecule has 0 aliphatic heterocycles. The summed E-state index contributed by atoms with van der Waals surface area (Å²) in [5.74, 6) is 0. The quantitative estimate of drug-likeness (QED) is 0.733. The smallest absolute Gasteiger partial charge is 0.180 e. The maximum absolute atomic E-state index is 6.16. The molecule has 0 radical (unpaired) electrons. The first kappa shape index (κ1) is 12.9. The van der Waals surface area contributed by atoms with Gasteiger partial charge < -0.3 is 5.73 Å². The van der Waals surface area contributed by atoms with Crippen LogP contribution in [0.25, 0.3) is 22.0 Å². The lowest BCUT2D eigenvalue weighted by Crippen LogP contribution is -1.83. The van der Waals surface area contributed by atoms with Crippen molar-refractivity contribution in [1.82, 2.24) is 9.97 Å². The van der Waals surface area contributed by atoms with Gasteiger partial charge in [-0.05, 0) is 18.2 Å². The molecule has 96 valence electrons. The third-order valence-corrected chi connectivity index (χ3v) is 4.55. The molecule has 0 fully saturated rings. The van der Waals surface area contributed by atoms with Gasteiger partial charge in [-0.25, -0.2) is 9.97 Å². The summed E-state index contributed by atoms with van der Waals surface area (Å²) in [6.45, 7) is 0. The van der Waals surface area contributed by atoms with E-state index in [2.05, 4.69) is 9.97 Å². The van der Waals surface area contributed by atoms with Gasteiger partial charge in [0.1, 0.15) is 10.7 Å². The number of thiazole rings is 2. The number of nitrogen functional groups attached to an aromatic ring is 1. The fourth-order valence-corrected chi connectivity index (χ4v) is 3.38. The van der Waals surface area contributed by atoms with Crippen molar-refractivity contribution in [3.8, 4) is 22.0 Å². The normalized spacial score (nSPS) is 10.8. The van der Waals surface area contributed by atoms with Crippen molar-refractivity contribution in [3.05, 3.63) is 39.0 Å². The maximum Gasteiger partial charge on any atom is 0.180 e. The molecule has 3 rings (SSSR count). The fraction of sp³-hybridized carbons (Fsp3) is 0. The molecule has 0 amide bonds. The molecule has 3 aromatic rings. The Labute approximate surface area is 127 Å². The molecule has 19 heavy (non-hydrogen) atoms. The molecule has 0 aliphatic carbocycles. The highest BCUT2D eigenvalue weighted by Crippen LogP contribution is 2.34. The number of nitrogens with two attached hydrogens (primary N) is 1. The minimum absolute atomic E-state index is 0.535. The van der Waals surface area contributed by atoms with Crippen LogP contribution in [-0.2, 0) is 0 Å². The van der Waals surface area contributed by atoms with Crippen LogP contribution in [-0.4, -0.2) is 9.97 Å². The van der Waals surface area contributed by atoms with Crippen molar-refractivity contribution in [2.45, 2.75) is 0 Å². The van der Waals surface area contributed by atoms with Crippen LogP contribution in [0.2, 0.25) is 10.0 Å². The Morgan fingerprint density at radius 3 is 2.53 bits per heavy atom. The molecular weight excluding hydrogens is 321 g/mol. The van der Waals surface area contributed by atoms with Crippen molar-refractivity contribution in [1.29, 1.82) is 0 Å². The number of halogens is 2. The van der Waals surface area contributed by atoms with Crippen molar-refractivity contribution >= 4 is 51.0 Å². The van der Waals surface area contributed by atoms with Crippen LogP contribution >= 0.6 is 45.9 Å². The van der Waals surface area contributed by atoms with Crippen LogP contribution in [0.15, 0.2) is 29.0 Å². The first-order valence-corrected chi connectivity index (χ1v) is 7.77. The molecule has 2 N–H and O–H groups in total. The van der Waals surface area contributed by atoms with Crippen molar-refractivity contribution < 1.29 is 0 Å². The highest BCUT2D eigenvalue weighted by molar-refractivity contribution is 7.15. The zero-order valence-corrected chi connectivity index (χ0v) is 12.6. The van der Waals surface area contributed by atoms with Gasteiger partial charge in [-0.2, -0.15) is 0 Å². The highest BCUT2D eigenvalue weighted by Gasteiger charge is 2.12. The summed E-state index contributed by atoms with van der Waals surface area (Å²) in [5, 5.41) is 6.43. The molecule has 2 aromatic heterocycles. The number of aromatic nitrogens is 2. The van der Waals surface area contributed by atoms with E-state index in [0.717, 1.165) is 22.0 Å². The van der Waals surface area contributed by atoms with E-state index < -0.39 is 0 Å². The first-order chi connectivity index (χ1) is 9.13. The lowest BCUT2D eigenvalue weighted by atomic mass is 10.2. The van der Waals surface area contributed by atoms with E-state index in [0.29, 0.717) is 15.2 Å². The zero-order chi connectivity index (χ0) is 13.4. The Bertz CT molecular complexity index is 736. The van der Waals surface area contributed by atoms with Crippen LogP contribution in [0.1, 0.15) is 0 Å². The standard InChI is InChI=1S/C12H7Cl2N3S2/c13-6-1-2-8(14)7(3-6)9-4-18-11(16-9)10-5-19-12(15)17-10/h1-5H,(H2,15,17). The van der Waals surface area contributed by atoms with Gasteiger partial charge in [0, 0.05) is 21.3 Å². The molecule has 3 nitrogen and oxygen atoms in total. The van der Waals surface area contributed by atoms with Crippen LogP contribution in [0.4, 0.5) is 5.13 Å². The molecule has 0 aliphatic rings. The second kappa shape index (κ2) is 5.09. The molecule has 0 saturated carbocycles. The Kier molecular flexibility index (Phi) is 3.45. The third-order valence-electron chi connectivity index (χ3n) is 2.45. The average Bonchev–Trinajstić information content (AvgIpc) is 3.00. The number of anilines is 1. The van der Waals surface area contributed by atoms with E-state index in [1.165, 1.54) is 22.7 Å². The summed E-state index contributed by atoms with van der Waals surface area (Å²) < 4.78 is 0. The number of benzene rings is 1. The van der Waals surface area contributed by atoms with E-state index >= 15 is 0 Å². The van der Waals surface area contributed by atoms with E-state index in [-0.39, 0.29) is 0 Å². The van der Waals surface area contributed by atoms with E-state index in [9.17, 15) is 0 Å². The molecule has 0 saturated heterocycles. The van der Waals surface area contributed by atoms with Gasteiger partial charge in [-0.3, -0.25) is 0 Å². The number of rotatable bonds is 2. The number of nitrogens with zero attached hydrogens (tertiary/aromatic N) is 2. The molecule has 0 spiro atoms. The van der Waals surface area contributed by atoms with Crippen LogP contribution in [0, 0.1) is 0 Å². The summed E-state index contributed by atoms with van der Waals surface area (Å²) in [5.41, 5.74) is 8.02. The summed E-state index contributed by atoms with van der Waals surface area (Å²) in [6, 6.07) is 5.32. The van der Waals surface area contributed by atoms with Gasteiger partial charge in [0.25, 0.3) is 0 Å². The molecular formula is C12H7Cl2N3S2. The Balaban J connectivity index is 2.03. The molecule has 0 unspecified atom stereocenters. The topological polar surface area (TPSA) is 51.8 Å². The second-order valence-electron chi connectivity index (χ2n) is 3.73. The molecule has 7 heteroatoms. The van der Waals surface area contributed by atoms with E-state index in [1.807, 2.05) is 10.8 Å². The van der Waals surface area contributed by atoms with E-state index in [4.69, 9.17) is 28.9 Å². The Hall–Kier alpha value is -1.14. The van der Waals surface area contributed by atoms with Crippen molar-refractivity contribution in [2.75, 3.05) is 5.73 Å². The van der Waals surface area contributed by atoms with Crippen molar-refractivity contribution in [3.63, 3.8) is 0 Å². The average molecular weight is 328 g/mol. The van der Waals surface area contributed by atoms with Crippen LogP contribution in [0.5, 0.6) is 0 Å². The third kappa shape index (κ3) is 2.60. The molecule has 0 bridgehead atoms. The van der Waals surface area contributed by atoms with Gasteiger partial charge in [-0.15, -0.1) is 22.7 Å². The SMILES string of the molecule is Nc1nc(-c2nc(-c3cc(Cl)ccc3Cl)cs2)cs1. The second-order valence-corrected chi connectivity index (χ2v) is 6.32.